The van der Waals surface area contributed by atoms with Gasteiger partial charge in [-0.3, -0.25) is 10.1 Å². The van der Waals surface area contributed by atoms with E-state index in [2.05, 4.69) is 5.32 Å². The molecule has 0 saturated heterocycles. The summed E-state index contributed by atoms with van der Waals surface area (Å²) in [5.41, 5.74) is -0.295. The van der Waals surface area contributed by atoms with Crippen molar-refractivity contribution in [1.29, 1.82) is 0 Å². The minimum absolute atomic E-state index is 0.00474. The first-order valence-electron chi connectivity index (χ1n) is 4.16. The minimum atomic E-state index is -0.658. The fraction of sp³-hybridized carbons (Fsp3) is 0.250. The number of hydrogen-bond acceptors (Lipinski definition) is 3. The molecule has 0 fully saturated rings. The number of benzene rings is 1. The first-order valence-corrected chi connectivity index (χ1v) is 5.67. The molecule has 0 radical (unpaired) electrons. The lowest BCUT2D eigenvalue weighted by molar-refractivity contribution is -0.383. The lowest BCUT2D eigenvalue weighted by Crippen LogP contribution is -2.03. The van der Waals surface area contributed by atoms with Gasteiger partial charge in [-0.25, -0.2) is 0 Å². The molecule has 0 aliphatic heterocycles. The number of halogens is 4. The Hall–Kier alpha value is -0.420. The lowest BCUT2D eigenvalue weighted by atomic mass is 10.2. The van der Waals surface area contributed by atoms with Crippen molar-refractivity contribution in [3.63, 3.8) is 0 Å². The van der Waals surface area contributed by atoms with Crippen molar-refractivity contribution in [2.45, 2.75) is 6.92 Å². The number of anilines is 1. The molecule has 16 heavy (non-hydrogen) atoms. The van der Waals surface area contributed by atoms with Gasteiger partial charge in [-0.1, -0.05) is 46.4 Å². The van der Waals surface area contributed by atoms with E-state index in [1.165, 1.54) is 0 Å². The van der Waals surface area contributed by atoms with E-state index in [9.17, 15) is 10.1 Å². The van der Waals surface area contributed by atoms with E-state index in [0.717, 1.165) is 0 Å². The molecule has 1 aromatic carbocycles. The van der Waals surface area contributed by atoms with Crippen LogP contribution in [-0.2, 0) is 0 Å². The molecular formula is C8H6Cl4N2O2. The van der Waals surface area contributed by atoms with Crippen molar-refractivity contribution in [2.24, 2.45) is 0 Å². The molecule has 88 valence electrons. The highest BCUT2D eigenvalue weighted by atomic mass is 35.5. The third-order valence-electron chi connectivity index (χ3n) is 1.78. The molecule has 0 aromatic heterocycles. The second-order valence-corrected chi connectivity index (χ2v) is 4.28. The molecule has 0 unspecified atom stereocenters. The highest BCUT2D eigenvalue weighted by Gasteiger charge is 2.27. The van der Waals surface area contributed by atoms with Gasteiger partial charge in [0.1, 0.15) is 10.7 Å². The summed E-state index contributed by atoms with van der Waals surface area (Å²) in [7, 11) is 0. The molecule has 0 spiro atoms. The van der Waals surface area contributed by atoms with Crippen LogP contribution in [-0.4, -0.2) is 11.5 Å². The van der Waals surface area contributed by atoms with E-state index in [4.69, 9.17) is 46.4 Å². The standard InChI is InChI=1S/C8H6Cl4N2O2/c1-2-13-7-5(11)3(9)4(10)6(12)8(7)14(15)16/h13H,2H2,1H3. The molecule has 0 saturated carbocycles. The zero-order chi connectivity index (χ0) is 12.5. The maximum absolute atomic E-state index is 10.9. The molecular weight excluding hydrogens is 298 g/mol. The molecule has 0 atom stereocenters. The lowest BCUT2D eigenvalue weighted by Gasteiger charge is -2.11. The van der Waals surface area contributed by atoms with E-state index < -0.39 is 4.92 Å². The van der Waals surface area contributed by atoms with Crippen LogP contribution in [0.1, 0.15) is 6.92 Å². The van der Waals surface area contributed by atoms with Gasteiger partial charge in [0.15, 0.2) is 0 Å². The smallest absolute Gasteiger partial charge is 0.313 e. The molecule has 0 amide bonds. The van der Waals surface area contributed by atoms with Crippen molar-refractivity contribution in [3.05, 3.63) is 30.2 Å². The monoisotopic (exact) mass is 302 g/mol. The molecule has 1 N–H and O–H groups in total. The Kier molecular flexibility index (Phi) is 4.50. The fourth-order valence-electron chi connectivity index (χ4n) is 1.13. The van der Waals surface area contributed by atoms with Crippen LogP contribution in [0.2, 0.25) is 20.1 Å². The van der Waals surface area contributed by atoms with E-state index >= 15 is 0 Å². The molecule has 0 aliphatic carbocycles. The predicted molar refractivity (Wildman–Crippen MR) is 67.3 cm³/mol. The zero-order valence-corrected chi connectivity index (χ0v) is 11.0. The maximum Gasteiger partial charge on any atom is 0.313 e. The Balaban J connectivity index is 3.61. The molecule has 1 aromatic rings. The quantitative estimate of drug-likeness (QED) is 0.383. The molecule has 1 rings (SSSR count). The van der Waals surface area contributed by atoms with E-state index in [1.54, 1.807) is 6.92 Å². The summed E-state index contributed by atoms with van der Waals surface area (Å²) in [4.78, 5) is 10.2. The third kappa shape index (κ3) is 2.30. The van der Waals surface area contributed by atoms with E-state index in [0.29, 0.717) is 6.54 Å². The zero-order valence-electron chi connectivity index (χ0n) is 7.98. The van der Waals surface area contributed by atoms with E-state index in [1.807, 2.05) is 0 Å². The number of rotatable bonds is 3. The average Bonchev–Trinajstić information content (AvgIpc) is 2.23. The van der Waals surface area contributed by atoms with Crippen LogP contribution in [0, 0.1) is 10.1 Å². The SMILES string of the molecule is CCNc1c(Cl)c(Cl)c(Cl)c(Cl)c1[N+](=O)[O-]. The van der Waals surface area contributed by atoms with Crippen molar-refractivity contribution >= 4 is 57.8 Å². The fourth-order valence-corrected chi connectivity index (χ4v) is 2.11. The summed E-state index contributed by atoms with van der Waals surface area (Å²) in [6, 6.07) is 0. The van der Waals surface area contributed by atoms with Gasteiger partial charge in [-0.15, -0.1) is 0 Å². The van der Waals surface area contributed by atoms with Crippen LogP contribution in [0.4, 0.5) is 11.4 Å². The van der Waals surface area contributed by atoms with Crippen LogP contribution >= 0.6 is 46.4 Å². The van der Waals surface area contributed by atoms with Crippen molar-refractivity contribution in [1.82, 2.24) is 0 Å². The summed E-state index contributed by atoms with van der Waals surface area (Å²) in [6.07, 6.45) is 0. The van der Waals surface area contributed by atoms with Crippen molar-refractivity contribution in [2.75, 3.05) is 11.9 Å². The van der Waals surface area contributed by atoms with Gasteiger partial charge in [0.2, 0.25) is 0 Å². The largest absolute Gasteiger partial charge is 0.378 e. The summed E-state index contributed by atoms with van der Waals surface area (Å²) in [5.74, 6) is 0. The van der Waals surface area contributed by atoms with Gasteiger partial charge < -0.3 is 5.32 Å². The van der Waals surface area contributed by atoms with Crippen LogP contribution in [0.25, 0.3) is 0 Å². The molecule has 0 bridgehead atoms. The van der Waals surface area contributed by atoms with Crippen LogP contribution in [0.5, 0.6) is 0 Å². The third-order valence-corrected chi connectivity index (χ3v) is 3.57. The Morgan fingerprint density at radius 3 is 2.06 bits per heavy atom. The summed E-state index contributed by atoms with van der Waals surface area (Å²) >= 11 is 23.1. The van der Waals surface area contributed by atoms with Gasteiger partial charge in [0.05, 0.1) is 20.0 Å². The summed E-state index contributed by atoms with van der Waals surface area (Å²) < 4.78 is 0. The van der Waals surface area contributed by atoms with Gasteiger partial charge in [0, 0.05) is 6.54 Å². The highest BCUT2D eigenvalue weighted by molar-refractivity contribution is 6.53. The molecule has 4 nitrogen and oxygen atoms in total. The first kappa shape index (κ1) is 13.6. The van der Waals surface area contributed by atoms with Crippen molar-refractivity contribution in [3.8, 4) is 0 Å². The molecule has 0 aliphatic rings. The van der Waals surface area contributed by atoms with Gasteiger partial charge in [-0.05, 0) is 6.92 Å². The number of hydrogen-bond donors (Lipinski definition) is 1. The van der Waals surface area contributed by atoms with Crippen LogP contribution in [0.3, 0.4) is 0 Å². The van der Waals surface area contributed by atoms with Crippen molar-refractivity contribution < 1.29 is 4.92 Å². The number of nitrogens with zero attached hydrogens (tertiary/aromatic N) is 1. The molecule has 8 heteroatoms. The van der Waals surface area contributed by atoms with Gasteiger partial charge >= 0.3 is 5.69 Å². The van der Waals surface area contributed by atoms with Crippen LogP contribution < -0.4 is 5.32 Å². The second kappa shape index (κ2) is 5.27. The normalized spacial score (nSPS) is 10.3. The Bertz CT molecular complexity index is 450. The average molecular weight is 304 g/mol. The second-order valence-electron chi connectivity index (χ2n) is 2.77. The maximum atomic E-state index is 10.9. The number of nitro benzene ring substituents is 1. The Morgan fingerprint density at radius 1 is 1.12 bits per heavy atom. The summed E-state index contributed by atoms with van der Waals surface area (Å²) in [6.45, 7) is 2.20. The highest BCUT2D eigenvalue weighted by Crippen LogP contribution is 2.48. The predicted octanol–water partition coefficient (Wildman–Crippen LogP) is 4.64. The Labute approximate surface area is 112 Å². The Morgan fingerprint density at radius 2 is 1.62 bits per heavy atom. The molecule has 0 heterocycles. The van der Waals surface area contributed by atoms with E-state index in [-0.39, 0.29) is 31.5 Å². The topological polar surface area (TPSA) is 55.2 Å². The number of nitrogens with one attached hydrogen (secondary N) is 1. The number of nitro groups is 1. The summed E-state index contributed by atoms with van der Waals surface area (Å²) in [5, 5.41) is 13.2. The minimum Gasteiger partial charge on any atom is -0.378 e. The first-order chi connectivity index (χ1) is 7.41. The van der Waals surface area contributed by atoms with Gasteiger partial charge in [0.25, 0.3) is 0 Å². The van der Waals surface area contributed by atoms with Crippen LogP contribution in [0.15, 0.2) is 0 Å². The van der Waals surface area contributed by atoms with Gasteiger partial charge in [-0.2, -0.15) is 0 Å².